The fourth-order valence-corrected chi connectivity index (χ4v) is 2.07. The van der Waals surface area contributed by atoms with Crippen molar-refractivity contribution >= 4 is 11.9 Å². The van der Waals surface area contributed by atoms with Gasteiger partial charge in [-0.2, -0.15) is 0 Å². The largest absolute Gasteiger partial charge is 0.548 e. The van der Waals surface area contributed by atoms with Gasteiger partial charge in [-0.3, -0.25) is 4.79 Å². The summed E-state index contributed by atoms with van der Waals surface area (Å²) in [6.45, 7) is 1.72. The lowest BCUT2D eigenvalue weighted by Gasteiger charge is -2.20. The highest BCUT2D eigenvalue weighted by Crippen LogP contribution is 2.02. The molecule has 1 rings (SSSR count). The van der Waals surface area contributed by atoms with E-state index in [0.29, 0.717) is 6.42 Å². The molecule has 0 bridgehead atoms. The fraction of sp³-hybridized carbons (Fsp3) is 0.818. The van der Waals surface area contributed by atoms with E-state index in [9.17, 15) is 14.7 Å². The number of quaternary nitrogens is 2. The van der Waals surface area contributed by atoms with Crippen molar-refractivity contribution in [2.24, 2.45) is 0 Å². The molecule has 0 spiro atoms. The number of amides is 1. The van der Waals surface area contributed by atoms with E-state index in [1.807, 2.05) is 5.32 Å². The molecule has 2 atom stereocenters. The number of unbranched alkanes of at least 4 members (excludes halogenated alkanes) is 1. The molecular formula is C11H22N3O3+. The third-order valence-corrected chi connectivity index (χ3v) is 3.10. The van der Waals surface area contributed by atoms with Gasteiger partial charge >= 0.3 is 0 Å². The van der Waals surface area contributed by atoms with Gasteiger partial charge in [-0.05, 0) is 19.3 Å². The van der Waals surface area contributed by atoms with Crippen LogP contribution in [0.25, 0.3) is 0 Å². The number of hydrogen-bond donors (Lipinski definition) is 3. The first-order valence-electron chi connectivity index (χ1n) is 6.29. The van der Waals surface area contributed by atoms with Crippen LogP contribution >= 0.6 is 0 Å². The first-order valence-corrected chi connectivity index (χ1v) is 6.29. The molecule has 0 aromatic rings. The van der Waals surface area contributed by atoms with E-state index in [2.05, 4.69) is 11.1 Å². The monoisotopic (exact) mass is 244 g/mol. The Bertz CT molecular complexity index is 265. The number of hydrogen-bond acceptors (Lipinski definition) is 3. The van der Waals surface area contributed by atoms with Gasteiger partial charge in [0.15, 0.2) is 6.04 Å². The maximum atomic E-state index is 11.7. The lowest BCUT2D eigenvalue weighted by Crippen LogP contribution is -2.89. The zero-order valence-electron chi connectivity index (χ0n) is 10.1. The molecule has 0 aliphatic carbocycles. The number of carboxylic acid groups (broad SMARTS) is 1. The first kappa shape index (κ1) is 13.9. The van der Waals surface area contributed by atoms with Crippen molar-refractivity contribution in [1.82, 2.24) is 5.32 Å². The van der Waals surface area contributed by atoms with E-state index in [4.69, 9.17) is 0 Å². The van der Waals surface area contributed by atoms with E-state index in [1.54, 1.807) is 0 Å². The van der Waals surface area contributed by atoms with Crippen LogP contribution in [0.15, 0.2) is 0 Å². The van der Waals surface area contributed by atoms with E-state index >= 15 is 0 Å². The molecule has 1 aliphatic heterocycles. The first-order chi connectivity index (χ1) is 8.15. The maximum Gasteiger partial charge on any atom is 0.278 e. The van der Waals surface area contributed by atoms with E-state index in [0.717, 1.165) is 38.8 Å². The molecule has 0 aromatic carbocycles. The van der Waals surface area contributed by atoms with Gasteiger partial charge < -0.3 is 26.3 Å². The number of carboxylic acids is 1. The summed E-state index contributed by atoms with van der Waals surface area (Å²) in [7, 11) is 0. The van der Waals surface area contributed by atoms with Crippen molar-refractivity contribution in [2.45, 2.75) is 44.2 Å². The van der Waals surface area contributed by atoms with E-state index in [-0.39, 0.29) is 11.9 Å². The Morgan fingerprint density at radius 1 is 1.47 bits per heavy atom. The number of carbonyl (C=O) groups is 2. The average molecular weight is 244 g/mol. The molecule has 1 amide bonds. The SMILES string of the molecule is [NH3+]CCCC[C@H](NC(=O)[C@@H]1CCC[NH2+]1)C(=O)[O-]. The number of aliphatic carboxylic acids is 1. The van der Waals surface area contributed by atoms with Crippen molar-refractivity contribution < 1.29 is 25.7 Å². The molecule has 17 heavy (non-hydrogen) atoms. The van der Waals surface area contributed by atoms with Crippen LogP contribution < -0.4 is 21.5 Å². The van der Waals surface area contributed by atoms with Gasteiger partial charge in [0.2, 0.25) is 0 Å². The Labute approximate surface area is 101 Å². The third kappa shape index (κ3) is 4.70. The van der Waals surface area contributed by atoms with Crippen LogP contribution in [-0.2, 0) is 9.59 Å². The number of nitrogens with one attached hydrogen (secondary N) is 1. The van der Waals surface area contributed by atoms with Crippen LogP contribution in [0.5, 0.6) is 0 Å². The maximum absolute atomic E-state index is 11.7. The molecule has 1 heterocycles. The van der Waals surface area contributed by atoms with Crippen molar-refractivity contribution in [2.75, 3.05) is 13.1 Å². The minimum Gasteiger partial charge on any atom is -0.548 e. The Morgan fingerprint density at radius 2 is 2.24 bits per heavy atom. The van der Waals surface area contributed by atoms with Gasteiger partial charge in [-0.15, -0.1) is 0 Å². The molecule has 6 nitrogen and oxygen atoms in total. The predicted molar refractivity (Wildman–Crippen MR) is 58.4 cm³/mol. The Kier molecular flexibility index (Phi) is 5.93. The lowest BCUT2D eigenvalue weighted by molar-refractivity contribution is -0.657. The van der Waals surface area contributed by atoms with Crippen molar-refractivity contribution in [3.05, 3.63) is 0 Å². The smallest absolute Gasteiger partial charge is 0.278 e. The van der Waals surface area contributed by atoms with Crippen molar-refractivity contribution in [3.63, 3.8) is 0 Å². The summed E-state index contributed by atoms with van der Waals surface area (Å²) in [5, 5.41) is 15.4. The molecule has 1 fully saturated rings. The normalized spacial score (nSPS) is 21.1. The van der Waals surface area contributed by atoms with Crippen LogP contribution in [0, 0.1) is 0 Å². The van der Waals surface area contributed by atoms with Gasteiger partial charge in [-0.1, -0.05) is 0 Å². The molecule has 0 radical (unpaired) electrons. The zero-order valence-corrected chi connectivity index (χ0v) is 10.1. The summed E-state index contributed by atoms with van der Waals surface area (Å²) in [6, 6.07) is -0.979. The van der Waals surface area contributed by atoms with Gasteiger partial charge in [0.1, 0.15) is 0 Å². The second-order valence-electron chi connectivity index (χ2n) is 4.50. The Hall–Kier alpha value is -1.14. The van der Waals surface area contributed by atoms with Crippen molar-refractivity contribution in [1.29, 1.82) is 0 Å². The fourth-order valence-electron chi connectivity index (χ4n) is 2.07. The van der Waals surface area contributed by atoms with Gasteiger partial charge in [0, 0.05) is 12.8 Å². The summed E-state index contributed by atoms with van der Waals surface area (Å²) in [6.07, 6.45) is 3.88. The third-order valence-electron chi connectivity index (χ3n) is 3.10. The van der Waals surface area contributed by atoms with Crippen LogP contribution in [-0.4, -0.2) is 37.0 Å². The molecule has 6 N–H and O–H groups in total. The second-order valence-corrected chi connectivity index (χ2v) is 4.50. The van der Waals surface area contributed by atoms with Crippen LogP contribution in [0.3, 0.4) is 0 Å². The summed E-state index contributed by atoms with van der Waals surface area (Å²) < 4.78 is 0. The van der Waals surface area contributed by atoms with E-state index < -0.39 is 12.0 Å². The van der Waals surface area contributed by atoms with Gasteiger partial charge in [0.25, 0.3) is 5.91 Å². The lowest BCUT2D eigenvalue weighted by atomic mass is 10.1. The Balaban J connectivity index is 2.36. The summed E-state index contributed by atoms with van der Waals surface area (Å²) in [5.74, 6) is -1.37. The van der Waals surface area contributed by atoms with Crippen LogP contribution in [0.1, 0.15) is 32.1 Å². The average Bonchev–Trinajstić information content (AvgIpc) is 2.81. The predicted octanol–water partition coefficient (Wildman–Crippen LogP) is -3.64. The number of nitrogens with two attached hydrogens (primary N) is 1. The minimum atomic E-state index is -1.19. The Morgan fingerprint density at radius 3 is 2.76 bits per heavy atom. The molecular weight excluding hydrogens is 222 g/mol. The highest BCUT2D eigenvalue weighted by atomic mass is 16.4. The molecule has 1 aliphatic rings. The minimum absolute atomic E-state index is 0.121. The van der Waals surface area contributed by atoms with E-state index in [1.165, 1.54) is 0 Å². The highest BCUT2D eigenvalue weighted by molar-refractivity contribution is 5.85. The zero-order chi connectivity index (χ0) is 12.7. The second kappa shape index (κ2) is 7.24. The molecule has 0 aromatic heterocycles. The van der Waals surface area contributed by atoms with Gasteiger partial charge in [-0.25, -0.2) is 0 Å². The number of rotatable bonds is 7. The number of carbonyl (C=O) groups excluding carboxylic acids is 2. The molecule has 98 valence electrons. The summed E-state index contributed by atoms with van der Waals surface area (Å²) in [4.78, 5) is 22.6. The molecule has 0 saturated carbocycles. The molecule has 0 unspecified atom stereocenters. The molecule has 6 heteroatoms. The van der Waals surface area contributed by atoms with Crippen molar-refractivity contribution in [3.8, 4) is 0 Å². The van der Waals surface area contributed by atoms with Crippen LogP contribution in [0.2, 0.25) is 0 Å². The highest BCUT2D eigenvalue weighted by Gasteiger charge is 2.27. The summed E-state index contributed by atoms with van der Waals surface area (Å²) >= 11 is 0. The van der Waals surface area contributed by atoms with Crippen LogP contribution in [0.4, 0.5) is 0 Å². The summed E-state index contributed by atoms with van der Waals surface area (Å²) in [5.41, 5.74) is 3.70. The van der Waals surface area contributed by atoms with Gasteiger partial charge in [0.05, 0.1) is 25.1 Å². The standard InChI is InChI=1S/C11H21N3O3/c12-6-2-1-4-9(11(16)17)14-10(15)8-5-3-7-13-8/h8-9,13H,1-7,12H2,(H,14,15)(H,16,17)/p+1/t8-,9-/m0/s1. The topological polar surface area (TPSA) is 113 Å². The molecule has 1 saturated heterocycles. The quantitative estimate of drug-likeness (QED) is 0.401.